The summed E-state index contributed by atoms with van der Waals surface area (Å²) in [6, 6.07) is 22.5. The van der Waals surface area contributed by atoms with Gasteiger partial charge in [-0.2, -0.15) is 0 Å². The standard InChI is InChI=1S/C28H30N4O5S/c1-37-28(34)21-11-14-23-24(17-21)32-27(33)25(23)26(20-7-4-3-5-8-20)31-22-12-9-19(10-13-22)18-29-15-6-16-30-38(2,35)36/h3-5,7-14,17,29-31H,6,15-16,18H2,1-2H3,(H,32,33)/b26-25-. The summed E-state index contributed by atoms with van der Waals surface area (Å²) in [6.45, 7) is 1.72. The molecule has 0 saturated carbocycles. The minimum Gasteiger partial charge on any atom is -0.465 e. The van der Waals surface area contributed by atoms with Gasteiger partial charge >= 0.3 is 5.97 Å². The Morgan fingerprint density at radius 3 is 2.37 bits per heavy atom. The molecule has 0 aliphatic carbocycles. The molecular formula is C28H30N4O5S. The molecule has 0 aromatic heterocycles. The molecule has 198 valence electrons. The van der Waals surface area contributed by atoms with E-state index in [0.29, 0.717) is 54.1 Å². The molecule has 0 radical (unpaired) electrons. The van der Waals surface area contributed by atoms with Crippen molar-refractivity contribution in [1.82, 2.24) is 10.0 Å². The molecule has 3 aromatic carbocycles. The second-order valence-corrected chi connectivity index (χ2v) is 10.7. The van der Waals surface area contributed by atoms with Crippen LogP contribution in [-0.2, 0) is 26.1 Å². The zero-order chi connectivity index (χ0) is 27.1. The molecule has 3 aromatic rings. The number of fused-ring (bicyclic) bond motifs is 1. The fourth-order valence-corrected chi connectivity index (χ4v) is 4.62. The molecule has 4 N–H and O–H groups in total. The summed E-state index contributed by atoms with van der Waals surface area (Å²) < 4.78 is 29.5. The number of methoxy groups -OCH3 is 1. The summed E-state index contributed by atoms with van der Waals surface area (Å²) >= 11 is 0. The van der Waals surface area contributed by atoms with Crippen LogP contribution in [0.15, 0.2) is 72.8 Å². The molecule has 0 saturated heterocycles. The SMILES string of the molecule is COC(=O)c1ccc2c(c1)NC(=O)/C2=C(\Nc1ccc(CNCCCNS(C)(=O)=O)cc1)c1ccccc1. The van der Waals surface area contributed by atoms with Gasteiger partial charge in [-0.05, 0) is 48.4 Å². The zero-order valence-corrected chi connectivity index (χ0v) is 22.0. The van der Waals surface area contributed by atoms with Crippen molar-refractivity contribution in [3.8, 4) is 0 Å². The van der Waals surface area contributed by atoms with Crippen molar-refractivity contribution in [2.45, 2.75) is 13.0 Å². The van der Waals surface area contributed by atoms with Gasteiger partial charge in [-0.3, -0.25) is 4.79 Å². The van der Waals surface area contributed by atoms with Crippen molar-refractivity contribution in [3.63, 3.8) is 0 Å². The predicted molar refractivity (Wildman–Crippen MR) is 149 cm³/mol. The van der Waals surface area contributed by atoms with Crippen LogP contribution in [-0.4, -0.2) is 46.7 Å². The van der Waals surface area contributed by atoms with E-state index in [0.717, 1.165) is 23.1 Å². The van der Waals surface area contributed by atoms with Crippen LogP contribution in [0, 0.1) is 0 Å². The lowest BCUT2D eigenvalue weighted by molar-refractivity contribution is -0.110. The van der Waals surface area contributed by atoms with Crippen LogP contribution in [0.5, 0.6) is 0 Å². The first-order valence-corrected chi connectivity index (χ1v) is 14.0. The average molecular weight is 535 g/mol. The first-order chi connectivity index (χ1) is 18.2. The van der Waals surface area contributed by atoms with Crippen LogP contribution in [0.2, 0.25) is 0 Å². The second-order valence-electron chi connectivity index (χ2n) is 8.84. The van der Waals surface area contributed by atoms with Crippen LogP contribution in [0.4, 0.5) is 11.4 Å². The number of hydrogen-bond acceptors (Lipinski definition) is 7. The lowest BCUT2D eigenvalue weighted by Crippen LogP contribution is -2.26. The van der Waals surface area contributed by atoms with E-state index in [1.165, 1.54) is 7.11 Å². The third-order valence-corrected chi connectivity index (χ3v) is 6.67. The molecule has 9 nitrogen and oxygen atoms in total. The van der Waals surface area contributed by atoms with Gasteiger partial charge in [-0.25, -0.2) is 17.9 Å². The fraction of sp³-hybridized carbons (Fsp3) is 0.214. The Kier molecular flexibility index (Phi) is 8.57. The third-order valence-electron chi connectivity index (χ3n) is 5.94. The normalized spacial score (nSPS) is 14.0. The molecule has 0 atom stereocenters. The fourth-order valence-electron chi connectivity index (χ4n) is 4.10. The van der Waals surface area contributed by atoms with E-state index in [9.17, 15) is 18.0 Å². The van der Waals surface area contributed by atoms with Gasteiger partial charge in [0, 0.05) is 24.3 Å². The van der Waals surface area contributed by atoms with Crippen molar-refractivity contribution in [2.24, 2.45) is 0 Å². The molecule has 0 bridgehead atoms. The van der Waals surface area contributed by atoms with Gasteiger partial charge in [0.15, 0.2) is 0 Å². The number of hydrogen-bond donors (Lipinski definition) is 4. The van der Waals surface area contributed by atoms with E-state index in [4.69, 9.17) is 4.74 Å². The van der Waals surface area contributed by atoms with E-state index in [-0.39, 0.29) is 5.91 Å². The number of rotatable bonds is 11. The maximum absolute atomic E-state index is 13.1. The molecule has 1 aliphatic heterocycles. The minimum absolute atomic E-state index is 0.264. The molecule has 0 unspecified atom stereocenters. The molecule has 1 amide bonds. The van der Waals surface area contributed by atoms with Gasteiger partial charge < -0.3 is 20.7 Å². The Morgan fingerprint density at radius 1 is 0.947 bits per heavy atom. The van der Waals surface area contributed by atoms with E-state index in [1.54, 1.807) is 18.2 Å². The Hall–Kier alpha value is -3.99. The Labute approximate surface area is 222 Å². The van der Waals surface area contributed by atoms with Crippen LogP contribution in [0.25, 0.3) is 11.3 Å². The second kappa shape index (κ2) is 12.0. The molecule has 4 rings (SSSR count). The van der Waals surface area contributed by atoms with Gasteiger partial charge in [0.25, 0.3) is 5.91 Å². The van der Waals surface area contributed by atoms with Gasteiger partial charge in [-0.15, -0.1) is 0 Å². The minimum atomic E-state index is -3.16. The lowest BCUT2D eigenvalue weighted by Gasteiger charge is -2.15. The first-order valence-electron chi connectivity index (χ1n) is 12.1. The Morgan fingerprint density at radius 2 is 1.68 bits per heavy atom. The quantitative estimate of drug-likeness (QED) is 0.169. The highest BCUT2D eigenvalue weighted by Gasteiger charge is 2.29. The molecule has 10 heteroatoms. The summed E-state index contributed by atoms with van der Waals surface area (Å²) in [7, 11) is -1.85. The number of carbonyl (C=O) groups excluding carboxylic acids is 2. The maximum Gasteiger partial charge on any atom is 0.337 e. The van der Waals surface area contributed by atoms with Gasteiger partial charge in [-0.1, -0.05) is 48.5 Å². The number of sulfonamides is 1. The molecule has 1 aliphatic rings. The highest BCUT2D eigenvalue weighted by atomic mass is 32.2. The van der Waals surface area contributed by atoms with E-state index in [2.05, 4.69) is 20.7 Å². The third kappa shape index (κ3) is 6.86. The van der Waals surface area contributed by atoms with E-state index >= 15 is 0 Å². The number of nitrogens with one attached hydrogen (secondary N) is 4. The van der Waals surface area contributed by atoms with Crippen molar-refractivity contribution >= 4 is 44.5 Å². The van der Waals surface area contributed by atoms with Crippen LogP contribution < -0.4 is 20.7 Å². The highest BCUT2D eigenvalue weighted by Crippen LogP contribution is 2.38. The molecule has 38 heavy (non-hydrogen) atoms. The van der Waals surface area contributed by atoms with Gasteiger partial charge in [0.05, 0.1) is 35.9 Å². The summed E-state index contributed by atoms with van der Waals surface area (Å²) in [5.41, 5.74) is 5.46. The van der Waals surface area contributed by atoms with E-state index in [1.807, 2.05) is 54.6 Å². The molecule has 0 fully saturated rings. The van der Waals surface area contributed by atoms with Gasteiger partial charge in [0.1, 0.15) is 0 Å². The highest BCUT2D eigenvalue weighted by molar-refractivity contribution is 7.88. The number of benzene rings is 3. The number of ether oxygens (including phenoxy) is 1. The predicted octanol–water partition coefficient (Wildman–Crippen LogP) is 3.43. The van der Waals surface area contributed by atoms with Crippen molar-refractivity contribution < 1.29 is 22.7 Å². The molecule has 0 spiro atoms. The summed E-state index contributed by atoms with van der Waals surface area (Å²) in [4.78, 5) is 25.1. The first kappa shape index (κ1) is 27.1. The lowest BCUT2D eigenvalue weighted by atomic mass is 9.99. The van der Waals surface area contributed by atoms with Crippen molar-refractivity contribution in [3.05, 3.63) is 95.1 Å². The molecular weight excluding hydrogens is 504 g/mol. The smallest absolute Gasteiger partial charge is 0.337 e. The van der Waals surface area contributed by atoms with Crippen LogP contribution in [0.3, 0.4) is 0 Å². The van der Waals surface area contributed by atoms with Crippen molar-refractivity contribution in [2.75, 3.05) is 37.1 Å². The Bertz CT molecular complexity index is 1450. The monoisotopic (exact) mass is 534 g/mol. The number of esters is 1. The Balaban J connectivity index is 1.52. The van der Waals surface area contributed by atoms with Crippen LogP contribution in [0.1, 0.15) is 33.5 Å². The summed E-state index contributed by atoms with van der Waals surface area (Å²) in [5.74, 6) is -0.736. The maximum atomic E-state index is 13.1. The summed E-state index contributed by atoms with van der Waals surface area (Å²) in [6.07, 6.45) is 1.83. The number of carbonyl (C=O) groups is 2. The van der Waals surface area contributed by atoms with Crippen LogP contribution >= 0.6 is 0 Å². The largest absolute Gasteiger partial charge is 0.465 e. The van der Waals surface area contributed by atoms with Gasteiger partial charge in [0.2, 0.25) is 10.0 Å². The number of anilines is 2. The zero-order valence-electron chi connectivity index (χ0n) is 21.2. The topological polar surface area (TPSA) is 126 Å². The van der Waals surface area contributed by atoms with Crippen molar-refractivity contribution in [1.29, 1.82) is 0 Å². The van der Waals surface area contributed by atoms with E-state index < -0.39 is 16.0 Å². The summed E-state index contributed by atoms with van der Waals surface area (Å²) in [5, 5.41) is 9.59. The number of amides is 1. The average Bonchev–Trinajstić information content (AvgIpc) is 3.24. The molecule has 1 heterocycles.